The molecule has 1 aromatic heterocycles. The Hall–Kier alpha value is -3.51. The highest BCUT2D eigenvalue weighted by Gasteiger charge is 2.45. The minimum Gasteiger partial charge on any atom is -0.508 e. The number of hydrogen-bond acceptors (Lipinski definition) is 15. The first-order valence-electron chi connectivity index (χ1n) is 12.4. The molecule has 15 nitrogen and oxygen atoms in total. The van der Waals surface area contributed by atoms with Gasteiger partial charge in [-0.25, -0.2) is 0 Å². The lowest BCUT2D eigenvalue weighted by molar-refractivity contribution is -0.277. The summed E-state index contributed by atoms with van der Waals surface area (Å²) in [6, 6.07) is 7.51. The largest absolute Gasteiger partial charge is 0.508 e. The molecule has 3 aromatic rings. The summed E-state index contributed by atoms with van der Waals surface area (Å²) in [4.78, 5) is 13.7. The predicted octanol–water partition coefficient (Wildman–Crippen LogP) is -2.13. The Bertz CT molecular complexity index is 1440. The molecular weight excluding hydrogens is 552 g/mol. The number of phenolic OH excluding ortho intramolecular Hbond substituents is 2. The van der Waals surface area contributed by atoms with Crippen LogP contribution < -0.4 is 14.9 Å². The number of phenols is 2. The number of hydrogen-bond donors (Lipinski definition) is 9. The molecule has 0 radical (unpaired) electrons. The Morgan fingerprint density at radius 3 is 2.20 bits per heavy atom. The lowest BCUT2D eigenvalue weighted by atomic mass is 9.99. The maximum absolute atomic E-state index is 13.7. The molecule has 0 amide bonds. The zero-order valence-corrected chi connectivity index (χ0v) is 21.0. The van der Waals surface area contributed by atoms with Gasteiger partial charge in [0.05, 0.1) is 13.2 Å². The molecule has 2 fully saturated rings. The lowest BCUT2D eigenvalue weighted by Gasteiger charge is -2.39. The van der Waals surface area contributed by atoms with Crippen molar-refractivity contribution in [2.24, 2.45) is 0 Å². The van der Waals surface area contributed by atoms with Gasteiger partial charge < -0.3 is 69.3 Å². The Morgan fingerprint density at radius 1 is 0.829 bits per heavy atom. The van der Waals surface area contributed by atoms with E-state index in [0.717, 1.165) is 6.07 Å². The van der Waals surface area contributed by atoms with Crippen LogP contribution in [0, 0.1) is 0 Å². The fourth-order valence-electron chi connectivity index (χ4n) is 4.53. The van der Waals surface area contributed by atoms with Gasteiger partial charge in [0, 0.05) is 17.7 Å². The lowest BCUT2D eigenvalue weighted by Crippen LogP contribution is -2.60. The van der Waals surface area contributed by atoms with Crippen LogP contribution in [0.15, 0.2) is 45.6 Å². The smallest absolute Gasteiger partial charge is 0.239 e. The number of aromatic hydroxyl groups is 2. The average Bonchev–Trinajstić information content (AvgIpc) is 2.95. The molecule has 9 atom stereocenters. The van der Waals surface area contributed by atoms with E-state index in [-0.39, 0.29) is 35.0 Å². The van der Waals surface area contributed by atoms with Crippen molar-refractivity contribution < 1.29 is 69.3 Å². The number of aliphatic hydroxyl groups excluding tert-OH is 7. The van der Waals surface area contributed by atoms with Crippen LogP contribution in [0.5, 0.6) is 23.0 Å². The molecule has 15 heteroatoms. The molecular formula is C26H28O15. The molecule has 0 unspecified atom stereocenters. The van der Waals surface area contributed by atoms with Gasteiger partial charge in [-0.05, 0) is 24.3 Å². The molecule has 2 aromatic carbocycles. The van der Waals surface area contributed by atoms with E-state index in [2.05, 4.69) is 0 Å². The van der Waals surface area contributed by atoms with Gasteiger partial charge in [-0.15, -0.1) is 0 Å². The standard InChI is InChI=1S/C26H28O15/c27-7-15-18(32)20(34)22(36)26(40-15)41-24-19(33)16-12(29)5-11(38-25-21(35)17(31)13(30)8-37-25)6-14(16)39-23(24)9-1-3-10(28)4-2-9/h1-6,13,15,17-18,20-22,25-32,34-36H,7-8H2/t13-,15+,17-,18-,20-,21+,22+,25-,26-/m0/s1. The number of benzene rings is 2. The number of fused-ring (bicyclic) bond motifs is 1. The topological polar surface area (TPSA) is 249 Å². The van der Waals surface area contributed by atoms with Crippen LogP contribution in [0.2, 0.25) is 0 Å². The normalized spacial score (nSPS) is 32.1. The van der Waals surface area contributed by atoms with Crippen molar-refractivity contribution in [3.05, 3.63) is 46.6 Å². The molecule has 3 heterocycles. The first-order valence-corrected chi connectivity index (χ1v) is 12.4. The van der Waals surface area contributed by atoms with E-state index >= 15 is 0 Å². The van der Waals surface area contributed by atoms with E-state index in [0.29, 0.717) is 0 Å². The zero-order valence-electron chi connectivity index (χ0n) is 21.0. The maximum Gasteiger partial charge on any atom is 0.239 e. The van der Waals surface area contributed by atoms with Crippen LogP contribution in [-0.4, -0.2) is 114 Å². The number of aliphatic hydroxyl groups is 7. The van der Waals surface area contributed by atoms with E-state index < -0.39 is 84.2 Å². The molecule has 2 aliphatic rings. The van der Waals surface area contributed by atoms with Crippen molar-refractivity contribution in [3.8, 4) is 34.3 Å². The molecule has 0 spiro atoms. The van der Waals surface area contributed by atoms with Gasteiger partial charge in [-0.1, -0.05) is 0 Å². The van der Waals surface area contributed by atoms with Gasteiger partial charge in [0.25, 0.3) is 0 Å². The Kier molecular flexibility index (Phi) is 8.06. The fraction of sp³-hybridized carbons (Fsp3) is 0.423. The molecule has 0 aliphatic carbocycles. The van der Waals surface area contributed by atoms with Crippen LogP contribution in [0.1, 0.15) is 0 Å². The van der Waals surface area contributed by atoms with Crippen LogP contribution in [0.4, 0.5) is 0 Å². The highest BCUT2D eigenvalue weighted by atomic mass is 16.7. The third kappa shape index (κ3) is 5.42. The summed E-state index contributed by atoms with van der Waals surface area (Å²) in [6.45, 7) is -1.10. The molecule has 2 saturated heterocycles. The van der Waals surface area contributed by atoms with Crippen molar-refractivity contribution >= 4 is 11.0 Å². The van der Waals surface area contributed by atoms with Crippen molar-refractivity contribution in [1.82, 2.24) is 0 Å². The Labute approximate surface area is 230 Å². The van der Waals surface area contributed by atoms with Gasteiger partial charge >= 0.3 is 0 Å². The van der Waals surface area contributed by atoms with Crippen molar-refractivity contribution in [2.45, 2.75) is 55.3 Å². The van der Waals surface area contributed by atoms with E-state index in [1.807, 2.05) is 0 Å². The second-order valence-corrected chi connectivity index (χ2v) is 9.64. The summed E-state index contributed by atoms with van der Waals surface area (Å²) >= 11 is 0. The Morgan fingerprint density at radius 2 is 1.51 bits per heavy atom. The average molecular weight is 580 g/mol. The monoisotopic (exact) mass is 580 g/mol. The van der Waals surface area contributed by atoms with Gasteiger partial charge in [-0.3, -0.25) is 4.79 Å². The first kappa shape index (κ1) is 29.0. The van der Waals surface area contributed by atoms with E-state index in [1.54, 1.807) is 0 Å². The second-order valence-electron chi connectivity index (χ2n) is 9.64. The van der Waals surface area contributed by atoms with E-state index in [9.17, 15) is 50.8 Å². The highest BCUT2D eigenvalue weighted by Crippen LogP contribution is 2.38. The molecule has 222 valence electrons. The minimum atomic E-state index is -1.87. The summed E-state index contributed by atoms with van der Waals surface area (Å²) in [5, 5.41) is 90.0. The quantitative estimate of drug-likeness (QED) is 0.151. The number of rotatable bonds is 6. The van der Waals surface area contributed by atoms with Gasteiger partial charge in [0.2, 0.25) is 23.8 Å². The SMILES string of the molecule is O=c1c(O[C@@H]2O[C@H](CO)[C@H](O)[C@H](O)[C@H]2O)c(-c2ccc(O)cc2)oc2cc(O[C@@H]3OC[C@H](O)[C@H](O)[C@H]3O)cc(O)c12. The molecule has 0 bridgehead atoms. The summed E-state index contributed by atoms with van der Waals surface area (Å²) in [7, 11) is 0. The predicted molar refractivity (Wildman–Crippen MR) is 134 cm³/mol. The molecule has 2 aliphatic heterocycles. The highest BCUT2D eigenvalue weighted by molar-refractivity contribution is 5.88. The van der Waals surface area contributed by atoms with Crippen LogP contribution in [-0.2, 0) is 9.47 Å². The Balaban J connectivity index is 1.58. The molecule has 9 N–H and O–H groups in total. The van der Waals surface area contributed by atoms with Crippen molar-refractivity contribution in [2.75, 3.05) is 13.2 Å². The fourth-order valence-corrected chi connectivity index (χ4v) is 4.53. The van der Waals surface area contributed by atoms with Crippen molar-refractivity contribution in [1.29, 1.82) is 0 Å². The number of ether oxygens (including phenoxy) is 4. The second kappa shape index (κ2) is 11.4. The molecule has 0 saturated carbocycles. The van der Waals surface area contributed by atoms with Crippen LogP contribution in [0.25, 0.3) is 22.3 Å². The van der Waals surface area contributed by atoms with Gasteiger partial charge in [-0.2, -0.15) is 0 Å². The summed E-state index contributed by atoms with van der Waals surface area (Å²) in [5.74, 6) is -1.76. The van der Waals surface area contributed by atoms with E-state index in [4.69, 9.17) is 23.4 Å². The van der Waals surface area contributed by atoms with Crippen LogP contribution >= 0.6 is 0 Å². The third-order valence-corrected chi connectivity index (χ3v) is 6.82. The minimum absolute atomic E-state index is 0.111. The van der Waals surface area contributed by atoms with Gasteiger partial charge in [0.1, 0.15) is 70.9 Å². The molecule has 41 heavy (non-hydrogen) atoms. The zero-order chi connectivity index (χ0) is 29.6. The van der Waals surface area contributed by atoms with Gasteiger partial charge in [0.15, 0.2) is 5.76 Å². The third-order valence-electron chi connectivity index (χ3n) is 6.82. The van der Waals surface area contributed by atoms with Crippen LogP contribution in [0.3, 0.4) is 0 Å². The first-order chi connectivity index (χ1) is 19.5. The van der Waals surface area contributed by atoms with E-state index in [1.165, 1.54) is 30.3 Å². The van der Waals surface area contributed by atoms with Crippen molar-refractivity contribution in [3.63, 3.8) is 0 Å². The maximum atomic E-state index is 13.7. The summed E-state index contributed by atoms with van der Waals surface area (Å²) in [5.41, 5.74) is -1.00. The molecule has 5 rings (SSSR count). The summed E-state index contributed by atoms with van der Waals surface area (Å²) in [6.07, 6.45) is -14.5. The summed E-state index contributed by atoms with van der Waals surface area (Å²) < 4.78 is 27.7.